The highest BCUT2D eigenvalue weighted by atomic mass is 16.4. The predicted octanol–water partition coefficient (Wildman–Crippen LogP) is 1.71. The summed E-state index contributed by atoms with van der Waals surface area (Å²) in [5.41, 5.74) is 1.18. The van der Waals surface area contributed by atoms with E-state index in [-0.39, 0.29) is 56.0 Å². The first-order chi connectivity index (χ1) is 12.8. The maximum absolute atomic E-state index is 12.6. The van der Waals surface area contributed by atoms with Gasteiger partial charge in [-0.05, 0) is 18.1 Å². The van der Waals surface area contributed by atoms with Crippen LogP contribution < -0.4 is 10.2 Å². The normalized spacial score (nSPS) is 13.1. The second-order valence-electron chi connectivity index (χ2n) is 6.92. The molecule has 27 heavy (non-hydrogen) atoms. The van der Waals surface area contributed by atoms with Crippen LogP contribution in [0.3, 0.4) is 0 Å². The van der Waals surface area contributed by atoms with E-state index in [4.69, 9.17) is 5.11 Å². The number of hydrogen-bond donors (Lipinski definition) is 2. The molecule has 0 unspecified atom stereocenters. The van der Waals surface area contributed by atoms with E-state index in [0.717, 1.165) is 0 Å². The van der Waals surface area contributed by atoms with E-state index < -0.39 is 5.97 Å². The van der Waals surface area contributed by atoms with Gasteiger partial charge in [0.15, 0.2) is 0 Å². The van der Waals surface area contributed by atoms with E-state index in [2.05, 4.69) is 5.32 Å². The number of para-hydroxylation sites is 2. The van der Waals surface area contributed by atoms with E-state index in [1.165, 1.54) is 9.80 Å². The highest BCUT2D eigenvalue weighted by Crippen LogP contribution is 2.29. The predicted molar refractivity (Wildman–Crippen MR) is 100 cm³/mol. The van der Waals surface area contributed by atoms with Crippen LogP contribution in [0.2, 0.25) is 0 Å². The number of carbonyl (C=O) groups is 4. The summed E-state index contributed by atoms with van der Waals surface area (Å²) in [6.45, 7) is 4.36. The summed E-state index contributed by atoms with van der Waals surface area (Å²) >= 11 is 0. The van der Waals surface area contributed by atoms with Crippen LogP contribution in [0.15, 0.2) is 24.3 Å². The zero-order valence-corrected chi connectivity index (χ0v) is 15.6. The van der Waals surface area contributed by atoms with Gasteiger partial charge in [-0.3, -0.25) is 19.2 Å². The molecule has 0 saturated carbocycles. The number of benzene rings is 1. The molecule has 2 N–H and O–H groups in total. The fraction of sp³-hybridized carbons (Fsp3) is 0.474. The Morgan fingerprint density at radius 1 is 1.19 bits per heavy atom. The highest BCUT2D eigenvalue weighted by molar-refractivity contribution is 6.10. The Morgan fingerprint density at radius 2 is 1.89 bits per heavy atom. The van der Waals surface area contributed by atoms with Crippen LogP contribution in [0.1, 0.15) is 33.1 Å². The first kappa shape index (κ1) is 20.4. The number of carboxylic acid groups (broad SMARTS) is 1. The standard InChI is InChI=1S/C19H25N3O5/c1-13(2)11-21(10-9-19(26)27)17(24)7-8-18(25)22-12-16(23)20-14-5-3-4-6-15(14)22/h3-6,13H,7-12H2,1-2H3,(H,20,23)(H,26,27). The van der Waals surface area contributed by atoms with Crippen molar-refractivity contribution in [2.45, 2.75) is 33.1 Å². The Morgan fingerprint density at radius 3 is 2.56 bits per heavy atom. The highest BCUT2D eigenvalue weighted by Gasteiger charge is 2.27. The zero-order chi connectivity index (χ0) is 20.0. The summed E-state index contributed by atoms with van der Waals surface area (Å²) in [7, 11) is 0. The largest absolute Gasteiger partial charge is 0.481 e. The van der Waals surface area contributed by atoms with Crippen molar-refractivity contribution in [3.05, 3.63) is 24.3 Å². The maximum atomic E-state index is 12.6. The number of carboxylic acids is 1. The van der Waals surface area contributed by atoms with Crippen molar-refractivity contribution in [2.24, 2.45) is 5.92 Å². The number of carbonyl (C=O) groups excluding carboxylic acids is 3. The molecular weight excluding hydrogens is 350 g/mol. The second-order valence-corrected chi connectivity index (χ2v) is 6.92. The van der Waals surface area contributed by atoms with Crippen LogP contribution >= 0.6 is 0 Å². The third-order valence-corrected chi connectivity index (χ3v) is 4.16. The molecule has 1 aromatic rings. The summed E-state index contributed by atoms with van der Waals surface area (Å²) in [5, 5.41) is 11.6. The van der Waals surface area contributed by atoms with Gasteiger partial charge in [0.25, 0.3) is 0 Å². The summed E-state index contributed by atoms with van der Waals surface area (Å²) in [5.74, 6) is -1.63. The van der Waals surface area contributed by atoms with Gasteiger partial charge < -0.3 is 20.2 Å². The molecule has 0 spiro atoms. The van der Waals surface area contributed by atoms with Crippen molar-refractivity contribution in [3.63, 3.8) is 0 Å². The second kappa shape index (κ2) is 9.16. The number of rotatable bonds is 8. The number of hydrogen-bond acceptors (Lipinski definition) is 4. The lowest BCUT2D eigenvalue weighted by Crippen LogP contribution is -2.43. The smallest absolute Gasteiger partial charge is 0.305 e. The molecule has 0 atom stereocenters. The zero-order valence-electron chi connectivity index (χ0n) is 15.6. The average Bonchev–Trinajstić information content (AvgIpc) is 2.61. The van der Waals surface area contributed by atoms with Gasteiger partial charge in [0, 0.05) is 25.9 Å². The summed E-state index contributed by atoms with van der Waals surface area (Å²) < 4.78 is 0. The summed E-state index contributed by atoms with van der Waals surface area (Å²) in [6, 6.07) is 7.00. The van der Waals surface area contributed by atoms with Crippen molar-refractivity contribution in [1.82, 2.24) is 4.90 Å². The molecule has 3 amide bonds. The molecule has 1 aliphatic heterocycles. The molecule has 1 aliphatic rings. The Kier molecular flexibility index (Phi) is 6.92. The lowest BCUT2D eigenvalue weighted by atomic mass is 10.1. The van der Waals surface area contributed by atoms with Crippen LogP contribution in [-0.2, 0) is 19.2 Å². The van der Waals surface area contributed by atoms with E-state index in [1.54, 1.807) is 24.3 Å². The van der Waals surface area contributed by atoms with Crippen LogP contribution in [0.25, 0.3) is 0 Å². The molecule has 0 radical (unpaired) electrons. The SMILES string of the molecule is CC(C)CN(CCC(=O)O)C(=O)CCC(=O)N1CC(=O)Nc2ccccc21. The van der Waals surface area contributed by atoms with Crippen LogP contribution in [0.5, 0.6) is 0 Å². The van der Waals surface area contributed by atoms with Crippen molar-refractivity contribution in [3.8, 4) is 0 Å². The van der Waals surface area contributed by atoms with Crippen LogP contribution in [0, 0.1) is 5.92 Å². The van der Waals surface area contributed by atoms with Gasteiger partial charge in [0.2, 0.25) is 17.7 Å². The summed E-state index contributed by atoms with van der Waals surface area (Å²) in [6.07, 6.45) is -0.195. The Bertz CT molecular complexity index is 732. The van der Waals surface area contributed by atoms with Gasteiger partial charge in [0.05, 0.1) is 17.8 Å². The first-order valence-corrected chi connectivity index (χ1v) is 8.96. The third-order valence-electron chi connectivity index (χ3n) is 4.16. The van der Waals surface area contributed by atoms with Crippen molar-refractivity contribution in [1.29, 1.82) is 0 Å². The number of nitrogens with one attached hydrogen (secondary N) is 1. The van der Waals surface area contributed by atoms with E-state index >= 15 is 0 Å². The number of nitrogens with zero attached hydrogens (tertiary/aromatic N) is 2. The third kappa shape index (κ3) is 5.80. The molecule has 0 bridgehead atoms. The van der Waals surface area contributed by atoms with Crippen molar-refractivity contribution < 1.29 is 24.3 Å². The lowest BCUT2D eigenvalue weighted by Gasteiger charge is -2.29. The topological polar surface area (TPSA) is 107 Å². The monoisotopic (exact) mass is 375 g/mol. The number of aliphatic carboxylic acids is 1. The average molecular weight is 375 g/mol. The number of amides is 3. The van der Waals surface area contributed by atoms with Crippen molar-refractivity contribution >= 4 is 35.1 Å². The fourth-order valence-corrected chi connectivity index (χ4v) is 2.95. The Balaban J connectivity index is 1.99. The van der Waals surface area contributed by atoms with Gasteiger partial charge in [-0.1, -0.05) is 26.0 Å². The molecule has 0 aromatic heterocycles. The van der Waals surface area contributed by atoms with Crippen molar-refractivity contribution in [2.75, 3.05) is 29.9 Å². The van der Waals surface area contributed by atoms with Gasteiger partial charge in [-0.15, -0.1) is 0 Å². The molecule has 2 rings (SSSR count). The lowest BCUT2D eigenvalue weighted by molar-refractivity contribution is -0.139. The molecule has 1 aromatic carbocycles. The molecule has 8 heteroatoms. The van der Waals surface area contributed by atoms with E-state index in [1.807, 2.05) is 13.8 Å². The molecule has 146 valence electrons. The Labute approximate surface area is 158 Å². The fourth-order valence-electron chi connectivity index (χ4n) is 2.95. The minimum absolute atomic E-state index is 0.0224. The maximum Gasteiger partial charge on any atom is 0.305 e. The van der Waals surface area contributed by atoms with E-state index in [9.17, 15) is 19.2 Å². The summed E-state index contributed by atoms with van der Waals surface area (Å²) in [4.78, 5) is 50.6. The van der Waals surface area contributed by atoms with Gasteiger partial charge >= 0.3 is 5.97 Å². The molecule has 0 fully saturated rings. The minimum atomic E-state index is -0.969. The number of fused-ring (bicyclic) bond motifs is 1. The molecular formula is C19H25N3O5. The van der Waals surface area contributed by atoms with Crippen LogP contribution in [-0.4, -0.2) is 53.3 Å². The number of anilines is 2. The Hall–Kier alpha value is -2.90. The minimum Gasteiger partial charge on any atom is -0.481 e. The van der Waals surface area contributed by atoms with Crippen LogP contribution in [0.4, 0.5) is 11.4 Å². The quantitative estimate of drug-likeness (QED) is 0.719. The van der Waals surface area contributed by atoms with Gasteiger partial charge in [-0.2, -0.15) is 0 Å². The molecule has 1 heterocycles. The molecule has 0 saturated heterocycles. The molecule has 0 aliphatic carbocycles. The van der Waals surface area contributed by atoms with Gasteiger partial charge in [-0.25, -0.2) is 0 Å². The first-order valence-electron chi connectivity index (χ1n) is 8.96. The molecule has 8 nitrogen and oxygen atoms in total. The van der Waals surface area contributed by atoms with E-state index in [0.29, 0.717) is 17.9 Å². The van der Waals surface area contributed by atoms with Gasteiger partial charge in [0.1, 0.15) is 6.54 Å².